The fourth-order valence-corrected chi connectivity index (χ4v) is 2.76. The molecule has 0 radical (unpaired) electrons. The molecule has 132 valence electrons. The average Bonchev–Trinajstić information content (AvgIpc) is 2.91. The Bertz CT molecular complexity index is 1030. The van der Waals surface area contributed by atoms with E-state index in [9.17, 15) is 18.7 Å². The van der Waals surface area contributed by atoms with E-state index in [-0.39, 0.29) is 28.0 Å². The van der Waals surface area contributed by atoms with Crippen LogP contribution in [-0.4, -0.2) is 29.5 Å². The van der Waals surface area contributed by atoms with Crippen molar-refractivity contribution in [2.75, 3.05) is 7.11 Å². The fourth-order valence-electron chi connectivity index (χ4n) is 2.76. The molecule has 0 bridgehead atoms. The topological polar surface area (TPSA) is 77.9 Å². The van der Waals surface area contributed by atoms with Crippen molar-refractivity contribution >= 4 is 16.9 Å². The van der Waals surface area contributed by atoms with Crippen LogP contribution in [0.5, 0.6) is 17.2 Å². The highest BCUT2D eigenvalue weighted by Crippen LogP contribution is 2.43. The van der Waals surface area contributed by atoms with Gasteiger partial charge in [0, 0.05) is 17.0 Å². The van der Waals surface area contributed by atoms with Crippen LogP contribution in [0.2, 0.25) is 0 Å². The van der Waals surface area contributed by atoms with E-state index in [1.54, 1.807) is 24.3 Å². The molecule has 0 saturated heterocycles. The number of carbonyl (C=O) groups is 1. The van der Waals surface area contributed by atoms with Crippen molar-refractivity contribution in [3.05, 3.63) is 48.0 Å². The molecule has 1 aromatic heterocycles. The van der Waals surface area contributed by atoms with Gasteiger partial charge in [-0.1, -0.05) is 0 Å². The van der Waals surface area contributed by atoms with Crippen LogP contribution in [-0.2, 0) is 0 Å². The van der Waals surface area contributed by atoms with E-state index in [2.05, 4.69) is 14.5 Å². The van der Waals surface area contributed by atoms with E-state index < -0.39 is 12.3 Å². The molecule has 1 N–H and O–H groups in total. The summed E-state index contributed by atoms with van der Waals surface area (Å²) in [5.41, 5.74) is 1.15. The highest BCUT2D eigenvalue weighted by Gasteiger charge is 2.43. The normalized spacial score (nSPS) is 14.4. The van der Waals surface area contributed by atoms with Gasteiger partial charge in [0.15, 0.2) is 11.5 Å². The van der Waals surface area contributed by atoms with Crippen molar-refractivity contribution in [1.82, 2.24) is 4.98 Å². The van der Waals surface area contributed by atoms with E-state index in [0.29, 0.717) is 17.0 Å². The SMILES string of the molecule is COc1ccc(-c2cc(C(=O)O)c3cc4c(cc3n2)OC(F)(F)O4)cc1. The van der Waals surface area contributed by atoms with Crippen molar-refractivity contribution in [2.24, 2.45) is 0 Å². The molecule has 0 spiro atoms. The largest absolute Gasteiger partial charge is 0.586 e. The van der Waals surface area contributed by atoms with Gasteiger partial charge in [0.05, 0.1) is 23.9 Å². The Labute approximate surface area is 145 Å². The fraction of sp³-hybridized carbons (Fsp3) is 0.111. The Balaban J connectivity index is 1.91. The molecule has 0 saturated carbocycles. The maximum atomic E-state index is 13.3. The average molecular weight is 359 g/mol. The molecule has 1 aliphatic heterocycles. The molecule has 0 amide bonds. The lowest BCUT2D eigenvalue weighted by Gasteiger charge is -2.08. The zero-order chi connectivity index (χ0) is 18.5. The minimum absolute atomic E-state index is 0.0811. The van der Waals surface area contributed by atoms with Crippen LogP contribution in [0.3, 0.4) is 0 Å². The predicted molar refractivity (Wildman–Crippen MR) is 86.9 cm³/mol. The van der Waals surface area contributed by atoms with Gasteiger partial charge in [-0.2, -0.15) is 0 Å². The Morgan fingerprint density at radius 2 is 1.77 bits per heavy atom. The van der Waals surface area contributed by atoms with Gasteiger partial charge in [-0.3, -0.25) is 0 Å². The van der Waals surface area contributed by atoms with Gasteiger partial charge in [0.25, 0.3) is 0 Å². The van der Waals surface area contributed by atoms with Crippen LogP contribution in [0.25, 0.3) is 22.2 Å². The second-order valence-electron chi connectivity index (χ2n) is 5.57. The summed E-state index contributed by atoms with van der Waals surface area (Å²) < 4.78 is 40.4. The molecule has 8 heteroatoms. The van der Waals surface area contributed by atoms with E-state index >= 15 is 0 Å². The van der Waals surface area contributed by atoms with Gasteiger partial charge < -0.3 is 19.3 Å². The standard InChI is InChI=1S/C18H11F2NO5/c1-24-10-4-2-9(3-5-10)13-6-12(17(22)23)11-7-15-16(8-14(11)21-13)26-18(19,20)25-15/h2-8H,1H3,(H,22,23). The summed E-state index contributed by atoms with van der Waals surface area (Å²) >= 11 is 0. The Hall–Kier alpha value is -3.42. The van der Waals surface area contributed by atoms with Crippen molar-refractivity contribution in [3.8, 4) is 28.5 Å². The number of methoxy groups -OCH3 is 1. The van der Waals surface area contributed by atoms with Crippen LogP contribution in [0, 0.1) is 0 Å². The Morgan fingerprint density at radius 3 is 2.38 bits per heavy atom. The van der Waals surface area contributed by atoms with Crippen LogP contribution in [0.15, 0.2) is 42.5 Å². The first-order valence-corrected chi connectivity index (χ1v) is 7.49. The molecule has 3 aromatic rings. The number of hydrogen-bond acceptors (Lipinski definition) is 5. The lowest BCUT2D eigenvalue weighted by Crippen LogP contribution is -2.25. The van der Waals surface area contributed by atoms with Crippen molar-refractivity contribution in [3.63, 3.8) is 0 Å². The summed E-state index contributed by atoms with van der Waals surface area (Å²) in [5.74, 6) is -1.00. The molecular weight excluding hydrogens is 348 g/mol. The molecule has 6 nitrogen and oxygen atoms in total. The van der Waals surface area contributed by atoms with Gasteiger partial charge in [0.1, 0.15) is 5.75 Å². The number of nitrogens with zero attached hydrogens (tertiary/aromatic N) is 1. The van der Waals surface area contributed by atoms with Crippen LogP contribution in [0.1, 0.15) is 10.4 Å². The second kappa shape index (κ2) is 5.55. The number of benzene rings is 2. The molecule has 0 aliphatic carbocycles. The van der Waals surface area contributed by atoms with Crippen LogP contribution >= 0.6 is 0 Å². The number of hydrogen-bond donors (Lipinski definition) is 1. The van der Waals surface area contributed by atoms with Gasteiger partial charge in [0.2, 0.25) is 0 Å². The lowest BCUT2D eigenvalue weighted by molar-refractivity contribution is -0.286. The molecule has 4 rings (SSSR count). The number of aromatic carboxylic acids is 1. The van der Waals surface area contributed by atoms with Crippen molar-refractivity contribution in [1.29, 1.82) is 0 Å². The number of alkyl halides is 2. The number of rotatable bonds is 3. The van der Waals surface area contributed by atoms with Gasteiger partial charge in [-0.15, -0.1) is 8.78 Å². The molecule has 2 aromatic carbocycles. The van der Waals surface area contributed by atoms with Crippen LogP contribution < -0.4 is 14.2 Å². The third-order valence-corrected chi connectivity index (χ3v) is 3.95. The number of halogens is 2. The number of pyridine rings is 1. The number of ether oxygens (including phenoxy) is 3. The van der Waals surface area contributed by atoms with E-state index in [1.807, 2.05) is 0 Å². The minimum atomic E-state index is -3.79. The van der Waals surface area contributed by atoms with Gasteiger partial charge in [-0.05, 0) is 36.4 Å². The summed E-state index contributed by atoms with van der Waals surface area (Å²) in [6.45, 7) is 0. The first kappa shape index (κ1) is 16.1. The first-order valence-electron chi connectivity index (χ1n) is 7.49. The molecule has 0 fully saturated rings. The number of aromatic nitrogens is 1. The zero-order valence-electron chi connectivity index (χ0n) is 13.3. The number of fused-ring (bicyclic) bond motifs is 2. The van der Waals surface area contributed by atoms with Gasteiger partial charge >= 0.3 is 12.3 Å². The molecule has 26 heavy (non-hydrogen) atoms. The zero-order valence-corrected chi connectivity index (χ0v) is 13.3. The maximum Gasteiger partial charge on any atom is 0.586 e. The Morgan fingerprint density at radius 1 is 1.12 bits per heavy atom. The summed E-state index contributed by atoms with van der Waals surface area (Å²) in [6, 6.07) is 10.7. The highest BCUT2D eigenvalue weighted by molar-refractivity contribution is 6.04. The van der Waals surface area contributed by atoms with Crippen LogP contribution in [0.4, 0.5) is 8.78 Å². The number of carboxylic acids is 1. The molecule has 1 aliphatic rings. The summed E-state index contributed by atoms with van der Waals surface area (Å²) in [6.07, 6.45) is -3.79. The van der Waals surface area contributed by atoms with Gasteiger partial charge in [-0.25, -0.2) is 9.78 Å². The van der Waals surface area contributed by atoms with Crippen molar-refractivity contribution in [2.45, 2.75) is 6.29 Å². The molecule has 2 heterocycles. The quantitative estimate of drug-likeness (QED) is 0.763. The predicted octanol–water partition coefficient (Wildman–Crippen LogP) is 3.93. The highest BCUT2D eigenvalue weighted by atomic mass is 19.3. The second-order valence-corrected chi connectivity index (χ2v) is 5.57. The first-order chi connectivity index (χ1) is 12.4. The van der Waals surface area contributed by atoms with E-state index in [4.69, 9.17) is 4.74 Å². The monoisotopic (exact) mass is 359 g/mol. The summed E-state index contributed by atoms with van der Waals surface area (Å²) in [5, 5.41) is 9.70. The third-order valence-electron chi connectivity index (χ3n) is 3.95. The summed E-state index contributed by atoms with van der Waals surface area (Å²) in [7, 11) is 1.53. The van der Waals surface area contributed by atoms with E-state index in [1.165, 1.54) is 25.3 Å². The molecule has 0 unspecified atom stereocenters. The number of carboxylic acid groups (broad SMARTS) is 1. The molecular formula is C18H11F2NO5. The Kier molecular flexibility index (Phi) is 3.43. The van der Waals surface area contributed by atoms with Crippen molar-refractivity contribution < 1.29 is 32.9 Å². The maximum absolute atomic E-state index is 13.3. The smallest absolute Gasteiger partial charge is 0.497 e. The third kappa shape index (κ3) is 2.65. The summed E-state index contributed by atoms with van der Waals surface area (Å²) in [4.78, 5) is 16.0. The molecule has 0 atom stereocenters. The lowest BCUT2D eigenvalue weighted by atomic mass is 10.0. The minimum Gasteiger partial charge on any atom is -0.497 e. The van der Waals surface area contributed by atoms with E-state index in [0.717, 1.165) is 0 Å².